The normalized spacial score (nSPS) is 20.7. The molecule has 0 radical (unpaired) electrons. The first-order valence-corrected chi connectivity index (χ1v) is 27.0. The molecule has 6 heterocycles. The van der Waals surface area contributed by atoms with Crippen LogP contribution in [0.15, 0.2) is 109 Å². The fourth-order valence-electron chi connectivity index (χ4n) is 11.3. The second-order valence-electron chi connectivity index (χ2n) is 24.6. The van der Waals surface area contributed by atoms with Crippen molar-refractivity contribution in [3.63, 3.8) is 0 Å². The number of nitrogens with one attached hydrogen (secondary N) is 1. The highest BCUT2D eigenvalue weighted by Crippen LogP contribution is 2.44. The quantitative estimate of drug-likeness (QED) is 0.133. The van der Waals surface area contributed by atoms with Crippen LogP contribution in [0.2, 0.25) is 0 Å². The monoisotopic (exact) mass is 1090 g/mol. The summed E-state index contributed by atoms with van der Waals surface area (Å²) in [6.45, 7) is 21.4. The number of carbonyl (C=O) groups is 3. The summed E-state index contributed by atoms with van der Waals surface area (Å²) >= 11 is 0. The third kappa shape index (κ3) is 13.2. The Morgan fingerprint density at radius 1 is 0.620 bits per heavy atom. The number of rotatable bonds is 10. The number of likely N-dealkylation sites (tertiary alicyclic amines) is 1. The van der Waals surface area contributed by atoms with Crippen LogP contribution in [-0.4, -0.2) is 121 Å². The molecule has 2 unspecified atom stereocenters. The van der Waals surface area contributed by atoms with E-state index in [1.54, 1.807) is 35.2 Å². The summed E-state index contributed by atoms with van der Waals surface area (Å²) in [6.07, 6.45) is 4.67. The number of hydrogen-bond donors (Lipinski definition) is 1. The summed E-state index contributed by atoms with van der Waals surface area (Å²) in [4.78, 5) is 55.0. The van der Waals surface area contributed by atoms with E-state index in [0.717, 1.165) is 24.1 Å². The average Bonchev–Trinajstić information content (AvgIpc) is 4.40. The van der Waals surface area contributed by atoms with E-state index < -0.39 is 34.4 Å². The van der Waals surface area contributed by atoms with Crippen LogP contribution >= 0.6 is 0 Å². The summed E-state index contributed by atoms with van der Waals surface area (Å²) in [5.41, 5.74) is 1.25. The number of halogens is 4. The van der Waals surface area contributed by atoms with Gasteiger partial charge in [0, 0.05) is 49.7 Å². The highest BCUT2D eigenvalue weighted by molar-refractivity contribution is 5.80. The van der Waals surface area contributed by atoms with E-state index in [1.165, 1.54) is 48.5 Å². The van der Waals surface area contributed by atoms with Crippen LogP contribution in [0.5, 0.6) is 0 Å². The molecule has 4 atom stereocenters. The molecule has 79 heavy (non-hydrogen) atoms. The van der Waals surface area contributed by atoms with Crippen LogP contribution in [0.3, 0.4) is 0 Å². The molecule has 2 aromatic heterocycles. The fourth-order valence-corrected chi connectivity index (χ4v) is 11.3. The number of aromatic nitrogens is 4. The molecular formula is C61H72F4N8O6. The molecule has 0 aliphatic carbocycles. The Morgan fingerprint density at radius 2 is 1.06 bits per heavy atom. The minimum atomic E-state index is -0.750. The predicted octanol–water partition coefficient (Wildman–Crippen LogP) is 10.8. The number of nitrogens with zero attached hydrogens (tertiary/aromatic N) is 7. The summed E-state index contributed by atoms with van der Waals surface area (Å²) < 4.78 is 78.1. The van der Waals surface area contributed by atoms with Gasteiger partial charge in [-0.2, -0.15) is 0 Å². The summed E-state index contributed by atoms with van der Waals surface area (Å²) in [7, 11) is 0. The molecule has 420 valence electrons. The fraction of sp³-hybridized carbons (Fsp3) is 0.459. The molecule has 4 aliphatic heterocycles. The first kappa shape index (κ1) is 56.8. The third-order valence-corrected chi connectivity index (χ3v) is 14.8. The third-order valence-electron chi connectivity index (χ3n) is 14.8. The smallest absolute Gasteiger partial charge is 0.410 e. The first-order chi connectivity index (χ1) is 37.3. The molecule has 0 bridgehead atoms. The topological polar surface area (TPSA) is 136 Å². The van der Waals surface area contributed by atoms with Gasteiger partial charge in [0.1, 0.15) is 59.3 Å². The number of hydrogen-bond acceptors (Lipinski definition) is 9. The van der Waals surface area contributed by atoms with E-state index in [0.29, 0.717) is 79.9 Å². The van der Waals surface area contributed by atoms with Gasteiger partial charge in [-0.1, -0.05) is 90.1 Å². The Bertz CT molecular complexity index is 3190. The van der Waals surface area contributed by atoms with E-state index in [-0.39, 0.29) is 66.3 Å². The standard InChI is InChI=1S/C33H40F2N4O4.C28H32F2N4O2/c1-31(2,3)28(39-21-33(42-19-27(39)40)13-14-37(20-33)30(41)43-32(4,5)6)29-36-26(23-10-8-12-25(35)16-23)18-38(29)17-22-9-7-11-24(34)15-22;1-27(2,3)25(34-18-28(10-11-31-17-28)36-16-24(34)35)26-32-23(20-7-5-9-22(30)13-20)15-33(26)14-19-6-4-8-21(29)12-19/h7-12,15-16,18,28H,13-14,17,19-21H2,1-6H3;4-9,12-13,15,25,31H,10-11,14,16-18H2,1-3H3/t28-,33?;25-,28?/m00/s1. The van der Waals surface area contributed by atoms with Crippen molar-refractivity contribution in [1.82, 2.24) is 39.1 Å². The minimum absolute atomic E-state index is 0.0234. The summed E-state index contributed by atoms with van der Waals surface area (Å²) in [6, 6.07) is 24.4. The van der Waals surface area contributed by atoms with Gasteiger partial charge in [-0.25, -0.2) is 32.3 Å². The van der Waals surface area contributed by atoms with E-state index in [4.69, 9.17) is 24.2 Å². The van der Waals surface area contributed by atoms with Gasteiger partial charge in [0.05, 0.1) is 48.7 Å². The molecule has 4 fully saturated rings. The Kier molecular flexibility index (Phi) is 16.1. The van der Waals surface area contributed by atoms with Gasteiger partial charge in [-0.05, 0) is 111 Å². The zero-order chi connectivity index (χ0) is 56.7. The van der Waals surface area contributed by atoms with Gasteiger partial charge in [0.25, 0.3) is 0 Å². The maximum atomic E-state index is 14.2. The van der Waals surface area contributed by atoms with E-state index in [1.807, 2.05) is 91.1 Å². The first-order valence-electron chi connectivity index (χ1n) is 27.0. The molecule has 10 rings (SSSR count). The average molecular weight is 1090 g/mol. The SMILES string of the molecule is CC(C)(C)OC(=O)N1CCC2(C1)CN([C@@H](c1nc(-c3cccc(F)c3)cn1Cc1cccc(F)c1)C(C)(C)C)C(=O)CO2.CC(C)(C)[C@H](c1nc(-c2cccc(F)c2)cn1Cc1cccc(F)c1)N1CC2(CCNC2)OCC1=O. The molecule has 4 aliphatic rings. The number of benzene rings is 4. The number of ether oxygens (including phenoxy) is 3. The highest BCUT2D eigenvalue weighted by Gasteiger charge is 2.52. The Labute approximate surface area is 460 Å². The van der Waals surface area contributed by atoms with Gasteiger partial charge in [-0.3, -0.25) is 9.59 Å². The van der Waals surface area contributed by atoms with Crippen LogP contribution in [-0.2, 0) is 36.9 Å². The van der Waals surface area contributed by atoms with Crippen LogP contribution in [0.25, 0.3) is 22.5 Å². The van der Waals surface area contributed by atoms with Crippen molar-refractivity contribution < 1.29 is 46.2 Å². The maximum absolute atomic E-state index is 14.2. The van der Waals surface area contributed by atoms with Crippen LogP contribution in [0.1, 0.15) is 110 Å². The number of amides is 3. The Morgan fingerprint density at radius 3 is 1.48 bits per heavy atom. The van der Waals surface area contributed by atoms with Crippen molar-refractivity contribution >= 4 is 17.9 Å². The lowest BCUT2D eigenvalue weighted by Gasteiger charge is -2.47. The van der Waals surface area contributed by atoms with Crippen LogP contribution < -0.4 is 5.32 Å². The predicted molar refractivity (Wildman–Crippen MR) is 291 cm³/mol. The Balaban J connectivity index is 0.000000195. The van der Waals surface area contributed by atoms with Crippen molar-refractivity contribution in [3.8, 4) is 22.5 Å². The van der Waals surface area contributed by atoms with Crippen LogP contribution in [0, 0.1) is 34.1 Å². The maximum Gasteiger partial charge on any atom is 0.410 e. The van der Waals surface area contributed by atoms with Crippen molar-refractivity contribution in [1.29, 1.82) is 0 Å². The second-order valence-corrected chi connectivity index (χ2v) is 24.6. The molecule has 18 heteroatoms. The lowest BCUT2D eigenvalue weighted by molar-refractivity contribution is -0.170. The van der Waals surface area contributed by atoms with Gasteiger partial charge in [-0.15, -0.1) is 0 Å². The van der Waals surface area contributed by atoms with Gasteiger partial charge >= 0.3 is 6.09 Å². The van der Waals surface area contributed by atoms with Crippen molar-refractivity contribution in [2.24, 2.45) is 10.8 Å². The highest BCUT2D eigenvalue weighted by atomic mass is 19.1. The van der Waals surface area contributed by atoms with Crippen molar-refractivity contribution in [3.05, 3.63) is 156 Å². The zero-order valence-corrected chi connectivity index (χ0v) is 46.6. The molecule has 4 saturated heterocycles. The second kappa shape index (κ2) is 22.3. The van der Waals surface area contributed by atoms with E-state index in [9.17, 15) is 31.9 Å². The summed E-state index contributed by atoms with van der Waals surface area (Å²) in [5.74, 6) is -0.379. The zero-order valence-electron chi connectivity index (χ0n) is 46.6. The number of carbonyl (C=O) groups excluding carboxylic acids is 3. The van der Waals surface area contributed by atoms with E-state index >= 15 is 0 Å². The summed E-state index contributed by atoms with van der Waals surface area (Å²) in [5, 5.41) is 3.36. The molecule has 2 spiro atoms. The Hall–Kier alpha value is -6.89. The molecular weight excluding hydrogens is 1020 g/mol. The van der Waals surface area contributed by atoms with Gasteiger partial charge in [0.15, 0.2) is 0 Å². The van der Waals surface area contributed by atoms with E-state index in [2.05, 4.69) is 26.1 Å². The number of morpholine rings is 2. The molecule has 0 saturated carbocycles. The van der Waals surface area contributed by atoms with Crippen molar-refractivity contribution in [2.75, 3.05) is 52.5 Å². The molecule has 14 nitrogen and oxygen atoms in total. The lowest BCUT2D eigenvalue weighted by Crippen LogP contribution is -2.58. The molecule has 3 amide bonds. The number of imidazole rings is 2. The largest absolute Gasteiger partial charge is 0.444 e. The molecule has 4 aromatic carbocycles. The molecule has 1 N–H and O–H groups in total. The molecule has 6 aromatic rings. The van der Waals surface area contributed by atoms with Crippen molar-refractivity contribution in [2.45, 2.75) is 117 Å². The minimum Gasteiger partial charge on any atom is -0.444 e. The van der Waals surface area contributed by atoms with Gasteiger partial charge < -0.3 is 43.4 Å². The van der Waals surface area contributed by atoms with Crippen LogP contribution in [0.4, 0.5) is 22.4 Å². The van der Waals surface area contributed by atoms with Gasteiger partial charge in [0.2, 0.25) is 11.8 Å². The lowest BCUT2D eigenvalue weighted by atomic mass is 9.83.